The number of fused-ring (bicyclic) bond motifs is 1. The molecule has 0 aliphatic carbocycles. The summed E-state index contributed by atoms with van der Waals surface area (Å²) in [4.78, 5) is 33.7. The summed E-state index contributed by atoms with van der Waals surface area (Å²) in [6, 6.07) is 18.0. The van der Waals surface area contributed by atoms with E-state index in [0.717, 1.165) is 0 Å². The molecule has 4 aromatic rings. The van der Waals surface area contributed by atoms with Crippen LogP contribution in [0.4, 0.5) is 11.5 Å². The van der Waals surface area contributed by atoms with Gasteiger partial charge in [0.25, 0.3) is 15.6 Å². The fraction of sp³-hybridized carbons (Fsp3) is 0.167. The van der Waals surface area contributed by atoms with Crippen LogP contribution in [0.15, 0.2) is 87.8 Å². The normalized spacial score (nSPS) is 11.3. The number of sulfonamides is 1. The molecule has 2 aromatic heterocycles. The van der Waals surface area contributed by atoms with Crippen molar-refractivity contribution in [2.75, 3.05) is 15.8 Å². The van der Waals surface area contributed by atoms with Crippen molar-refractivity contribution >= 4 is 50.1 Å². The van der Waals surface area contributed by atoms with E-state index in [1.165, 1.54) is 42.2 Å². The van der Waals surface area contributed by atoms with Crippen LogP contribution in [-0.2, 0) is 21.4 Å². The van der Waals surface area contributed by atoms with Gasteiger partial charge in [-0.2, -0.15) is 0 Å². The zero-order valence-corrected chi connectivity index (χ0v) is 20.5. The average molecular weight is 510 g/mol. The first-order valence-electron chi connectivity index (χ1n) is 10.8. The maximum atomic E-state index is 12.7. The van der Waals surface area contributed by atoms with Gasteiger partial charge in [0, 0.05) is 30.6 Å². The molecule has 0 saturated carbocycles. The third-order valence-corrected chi connectivity index (χ3v) is 7.40. The highest BCUT2D eigenvalue weighted by molar-refractivity contribution is 7.99. The lowest BCUT2D eigenvalue weighted by Crippen LogP contribution is -2.22. The summed E-state index contributed by atoms with van der Waals surface area (Å²) in [6.45, 7) is 2.36. The smallest absolute Gasteiger partial charge is 0.263 e. The molecule has 4 rings (SSSR count). The van der Waals surface area contributed by atoms with E-state index in [0.29, 0.717) is 34.0 Å². The number of carbonyl (C=O) groups excluding carboxylic acids is 1. The average Bonchev–Trinajstić information content (AvgIpc) is 2.85. The molecule has 0 unspecified atom stereocenters. The minimum absolute atomic E-state index is 0.0524. The van der Waals surface area contributed by atoms with Crippen LogP contribution in [0.1, 0.15) is 13.3 Å². The van der Waals surface area contributed by atoms with Crippen LogP contribution < -0.4 is 15.6 Å². The van der Waals surface area contributed by atoms with Crippen LogP contribution in [0.3, 0.4) is 0 Å². The Morgan fingerprint density at radius 2 is 1.77 bits per heavy atom. The number of hydrogen-bond donors (Lipinski definition) is 2. The van der Waals surface area contributed by atoms with Gasteiger partial charge in [0.1, 0.15) is 5.82 Å². The van der Waals surface area contributed by atoms with Gasteiger partial charge in [-0.1, -0.05) is 30.0 Å². The van der Waals surface area contributed by atoms with E-state index in [1.807, 2.05) is 19.1 Å². The summed E-state index contributed by atoms with van der Waals surface area (Å²) < 4.78 is 29.0. The Kier molecular flexibility index (Phi) is 7.47. The monoisotopic (exact) mass is 509 g/mol. The van der Waals surface area contributed by atoms with E-state index >= 15 is 0 Å². The minimum atomic E-state index is -3.79. The van der Waals surface area contributed by atoms with Crippen molar-refractivity contribution in [1.29, 1.82) is 0 Å². The number of aromatic nitrogens is 3. The number of nitrogens with zero attached hydrogens (tertiary/aromatic N) is 3. The van der Waals surface area contributed by atoms with E-state index in [1.54, 1.807) is 34.9 Å². The van der Waals surface area contributed by atoms with Crippen molar-refractivity contribution in [3.63, 3.8) is 0 Å². The Morgan fingerprint density at radius 1 is 1.03 bits per heavy atom. The summed E-state index contributed by atoms with van der Waals surface area (Å²) in [6.07, 6.45) is 1.69. The van der Waals surface area contributed by atoms with Gasteiger partial charge in [-0.05, 0) is 55.5 Å². The number of carbonyl (C=O) groups is 1. The lowest BCUT2D eigenvalue weighted by molar-refractivity contribution is -0.115. The lowest BCUT2D eigenvalue weighted by atomic mass is 10.2. The van der Waals surface area contributed by atoms with Crippen molar-refractivity contribution in [3.05, 3.63) is 83.3 Å². The fourth-order valence-electron chi connectivity index (χ4n) is 3.33. The third-order valence-electron chi connectivity index (χ3n) is 5.06. The van der Waals surface area contributed by atoms with Crippen molar-refractivity contribution in [3.8, 4) is 0 Å². The highest BCUT2D eigenvalue weighted by atomic mass is 32.2. The number of pyridine rings is 1. The molecule has 0 aliphatic rings. The van der Waals surface area contributed by atoms with Crippen molar-refractivity contribution in [1.82, 2.24) is 14.5 Å². The molecule has 0 spiro atoms. The number of anilines is 2. The first-order chi connectivity index (χ1) is 16.9. The Morgan fingerprint density at radius 3 is 2.49 bits per heavy atom. The highest BCUT2D eigenvalue weighted by Crippen LogP contribution is 2.20. The van der Waals surface area contributed by atoms with E-state index in [-0.39, 0.29) is 28.6 Å². The number of nitrogens with one attached hydrogen (secondary N) is 2. The summed E-state index contributed by atoms with van der Waals surface area (Å²) in [5, 5.41) is 3.89. The second kappa shape index (κ2) is 10.7. The molecule has 0 radical (unpaired) electrons. The van der Waals surface area contributed by atoms with Crippen LogP contribution in [0, 0.1) is 0 Å². The van der Waals surface area contributed by atoms with Crippen LogP contribution >= 0.6 is 11.8 Å². The summed E-state index contributed by atoms with van der Waals surface area (Å²) >= 11 is 1.34. The van der Waals surface area contributed by atoms with E-state index in [2.05, 4.69) is 20.0 Å². The van der Waals surface area contributed by atoms with Gasteiger partial charge in [-0.25, -0.2) is 18.4 Å². The van der Waals surface area contributed by atoms with Crippen molar-refractivity contribution < 1.29 is 13.2 Å². The molecule has 1 amide bonds. The molecule has 0 bridgehead atoms. The number of amides is 1. The predicted octanol–water partition coefficient (Wildman–Crippen LogP) is 3.73. The standard InChI is InChI=1S/C24H23N5O4S2/c1-2-29-23(31)19-7-3-4-8-20(19)27-24(29)34-16-14-22(30)26-17-10-12-18(13-11-17)35(32,33)28-21-9-5-6-15-25-21/h3-13,15H,2,14,16H2,1H3,(H,25,28)(H,26,30). The Labute approximate surface area is 206 Å². The third kappa shape index (κ3) is 5.87. The molecule has 9 nitrogen and oxygen atoms in total. The maximum absolute atomic E-state index is 12.7. The summed E-state index contributed by atoms with van der Waals surface area (Å²) in [7, 11) is -3.79. The van der Waals surface area contributed by atoms with Gasteiger partial charge >= 0.3 is 0 Å². The zero-order valence-electron chi connectivity index (χ0n) is 18.8. The topological polar surface area (TPSA) is 123 Å². The van der Waals surface area contributed by atoms with Crippen LogP contribution in [0.2, 0.25) is 0 Å². The van der Waals surface area contributed by atoms with Crippen molar-refractivity contribution in [2.45, 2.75) is 29.9 Å². The number of rotatable bonds is 9. The van der Waals surface area contributed by atoms with Crippen molar-refractivity contribution in [2.24, 2.45) is 0 Å². The van der Waals surface area contributed by atoms with Gasteiger partial charge in [-0.3, -0.25) is 18.9 Å². The molecule has 2 N–H and O–H groups in total. The maximum Gasteiger partial charge on any atom is 0.263 e. The molecular weight excluding hydrogens is 486 g/mol. The molecule has 11 heteroatoms. The minimum Gasteiger partial charge on any atom is -0.326 e. The van der Waals surface area contributed by atoms with Crippen LogP contribution in [0.5, 0.6) is 0 Å². The van der Waals surface area contributed by atoms with Gasteiger partial charge in [-0.15, -0.1) is 0 Å². The van der Waals surface area contributed by atoms with E-state index in [9.17, 15) is 18.0 Å². The summed E-state index contributed by atoms with van der Waals surface area (Å²) in [5.41, 5.74) is 1.01. The number of thioether (sulfide) groups is 1. The molecule has 180 valence electrons. The Balaban J connectivity index is 1.35. The molecule has 2 aromatic carbocycles. The number of para-hydroxylation sites is 1. The molecule has 2 heterocycles. The quantitative estimate of drug-likeness (QED) is 0.260. The molecular formula is C24H23N5O4S2. The van der Waals surface area contributed by atoms with E-state index in [4.69, 9.17) is 0 Å². The predicted molar refractivity (Wildman–Crippen MR) is 137 cm³/mol. The first kappa shape index (κ1) is 24.4. The second-order valence-electron chi connectivity index (χ2n) is 7.45. The molecule has 0 fully saturated rings. The molecule has 0 aliphatic heterocycles. The number of benzene rings is 2. The fourth-order valence-corrected chi connectivity index (χ4v) is 5.34. The molecule has 0 saturated heterocycles. The molecule has 0 atom stereocenters. The second-order valence-corrected chi connectivity index (χ2v) is 10.2. The largest absolute Gasteiger partial charge is 0.326 e. The zero-order chi connectivity index (χ0) is 24.8. The highest BCUT2D eigenvalue weighted by Gasteiger charge is 2.15. The lowest BCUT2D eigenvalue weighted by Gasteiger charge is -2.11. The number of hydrogen-bond acceptors (Lipinski definition) is 7. The van der Waals surface area contributed by atoms with Gasteiger partial charge < -0.3 is 5.32 Å². The van der Waals surface area contributed by atoms with Gasteiger partial charge in [0.15, 0.2) is 5.16 Å². The van der Waals surface area contributed by atoms with Crippen LogP contribution in [-0.4, -0.2) is 34.6 Å². The first-order valence-corrected chi connectivity index (χ1v) is 13.3. The molecule has 35 heavy (non-hydrogen) atoms. The Hall–Kier alpha value is -3.70. The van der Waals surface area contributed by atoms with Gasteiger partial charge in [0.2, 0.25) is 5.91 Å². The van der Waals surface area contributed by atoms with Crippen LogP contribution in [0.25, 0.3) is 10.9 Å². The van der Waals surface area contributed by atoms with Gasteiger partial charge in [0.05, 0.1) is 15.8 Å². The Bertz CT molecular complexity index is 1500. The van der Waals surface area contributed by atoms with E-state index < -0.39 is 10.0 Å². The summed E-state index contributed by atoms with van der Waals surface area (Å²) in [5.74, 6) is 0.416. The SMILES string of the molecule is CCn1c(SCCC(=O)Nc2ccc(S(=O)(=O)Nc3ccccn3)cc2)nc2ccccc2c1=O.